The van der Waals surface area contributed by atoms with Crippen molar-refractivity contribution in [2.75, 3.05) is 13.2 Å². The SMILES string of the molecule is O=COCCCOc1ccccc1. The Morgan fingerprint density at radius 2 is 1.92 bits per heavy atom. The Hall–Kier alpha value is -1.51. The fraction of sp³-hybridized carbons (Fsp3) is 0.300. The van der Waals surface area contributed by atoms with Gasteiger partial charge in [-0.05, 0) is 12.1 Å². The highest BCUT2D eigenvalue weighted by atomic mass is 16.5. The minimum Gasteiger partial charge on any atom is -0.493 e. The molecule has 0 saturated heterocycles. The van der Waals surface area contributed by atoms with E-state index in [0.29, 0.717) is 26.1 Å². The summed E-state index contributed by atoms with van der Waals surface area (Å²) in [5.41, 5.74) is 0. The van der Waals surface area contributed by atoms with Gasteiger partial charge in [0.2, 0.25) is 0 Å². The van der Waals surface area contributed by atoms with Crippen LogP contribution in [-0.2, 0) is 9.53 Å². The molecular formula is C10H12O3. The molecule has 1 rings (SSSR count). The Morgan fingerprint density at radius 3 is 2.62 bits per heavy atom. The Bertz CT molecular complexity index is 233. The van der Waals surface area contributed by atoms with Crippen LogP contribution in [0.4, 0.5) is 0 Å². The van der Waals surface area contributed by atoms with Crippen LogP contribution in [0.3, 0.4) is 0 Å². The zero-order chi connectivity index (χ0) is 9.36. The third kappa shape index (κ3) is 4.15. The van der Waals surface area contributed by atoms with Crippen LogP contribution in [0.5, 0.6) is 5.75 Å². The van der Waals surface area contributed by atoms with Crippen LogP contribution in [0.15, 0.2) is 30.3 Å². The van der Waals surface area contributed by atoms with Crippen molar-refractivity contribution >= 4 is 6.47 Å². The van der Waals surface area contributed by atoms with E-state index in [1.54, 1.807) is 0 Å². The second-order valence-corrected chi connectivity index (χ2v) is 2.48. The maximum Gasteiger partial charge on any atom is 0.293 e. The Kier molecular flexibility index (Phi) is 4.46. The van der Waals surface area contributed by atoms with Crippen molar-refractivity contribution in [1.82, 2.24) is 0 Å². The lowest BCUT2D eigenvalue weighted by atomic mass is 10.3. The summed E-state index contributed by atoms with van der Waals surface area (Å²) in [6.07, 6.45) is 0.716. The van der Waals surface area contributed by atoms with Crippen LogP contribution in [0, 0.1) is 0 Å². The summed E-state index contributed by atoms with van der Waals surface area (Å²) in [5, 5.41) is 0. The van der Waals surface area contributed by atoms with Crippen molar-refractivity contribution in [3.05, 3.63) is 30.3 Å². The average molecular weight is 180 g/mol. The molecule has 0 aromatic heterocycles. The highest BCUT2D eigenvalue weighted by Crippen LogP contribution is 2.07. The van der Waals surface area contributed by atoms with Crippen molar-refractivity contribution in [3.63, 3.8) is 0 Å². The Labute approximate surface area is 77.3 Å². The number of hydrogen-bond acceptors (Lipinski definition) is 3. The van der Waals surface area contributed by atoms with E-state index in [1.165, 1.54) is 0 Å². The summed E-state index contributed by atoms with van der Waals surface area (Å²) in [5.74, 6) is 0.841. The lowest BCUT2D eigenvalue weighted by molar-refractivity contribution is -0.128. The molecule has 1 aromatic carbocycles. The average Bonchev–Trinajstić information content (AvgIpc) is 2.19. The number of ether oxygens (including phenoxy) is 2. The van der Waals surface area contributed by atoms with Gasteiger partial charge in [-0.3, -0.25) is 4.79 Å². The molecule has 0 saturated carbocycles. The highest BCUT2D eigenvalue weighted by Gasteiger charge is 1.91. The number of carbonyl (C=O) groups excluding carboxylic acids is 1. The summed E-state index contributed by atoms with van der Waals surface area (Å²) in [4.78, 5) is 9.77. The third-order valence-electron chi connectivity index (χ3n) is 1.49. The molecule has 0 atom stereocenters. The predicted molar refractivity (Wildman–Crippen MR) is 48.6 cm³/mol. The lowest BCUT2D eigenvalue weighted by Crippen LogP contribution is -2.01. The number of hydrogen-bond donors (Lipinski definition) is 0. The van der Waals surface area contributed by atoms with E-state index in [1.807, 2.05) is 30.3 Å². The summed E-state index contributed by atoms with van der Waals surface area (Å²) >= 11 is 0. The van der Waals surface area contributed by atoms with Crippen LogP contribution in [0.1, 0.15) is 6.42 Å². The van der Waals surface area contributed by atoms with Gasteiger partial charge < -0.3 is 9.47 Å². The normalized spacial score (nSPS) is 9.23. The van der Waals surface area contributed by atoms with Crippen molar-refractivity contribution in [2.45, 2.75) is 6.42 Å². The molecule has 0 unspecified atom stereocenters. The van der Waals surface area contributed by atoms with Crippen molar-refractivity contribution in [2.24, 2.45) is 0 Å². The molecule has 3 nitrogen and oxygen atoms in total. The van der Waals surface area contributed by atoms with Gasteiger partial charge in [-0.1, -0.05) is 18.2 Å². The van der Waals surface area contributed by atoms with Gasteiger partial charge in [0.1, 0.15) is 5.75 Å². The van der Waals surface area contributed by atoms with Gasteiger partial charge in [0.05, 0.1) is 13.2 Å². The van der Waals surface area contributed by atoms with Crippen LogP contribution < -0.4 is 4.74 Å². The molecule has 0 amide bonds. The Morgan fingerprint density at radius 1 is 1.15 bits per heavy atom. The van der Waals surface area contributed by atoms with E-state index in [0.717, 1.165) is 5.75 Å². The third-order valence-corrected chi connectivity index (χ3v) is 1.49. The summed E-state index contributed by atoms with van der Waals surface area (Å²) in [6.45, 7) is 1.43. The zero-order valence-corrected chi connectivity index (χ0v) is 7.31. The number of para-hydroxylation sites is 1. The quantitative estimate of drug-likeness (QED) is 0.493. The molecule has 0 spiro atoms. The molecule has 0 heterocycles. The first-order chi connectivity index (χ1) is 6.43. The molecule has 0 radical (unpaired) electrons. The molecule has 3 heteroatoms. The van der Waals surface area contributed by atoms with Gasteiger partial charge in [-0.15, -0.1) is 0 Å². The number of rotatable bonds is 6. The number of carbonyl (C=O) groups is 1. The van der Waals surface area contributed by atoms with Crippen LogP contribution in [0.2, 0.25) is 0 Å². The first kappa shape index (κ1) is 9.58. The van der Waals surface area contributed by atoms with Gasteiger partial charge >= 0.3 is 0 Å². The fourth-order valence-electron chi connectivity index (χ4n) is 0.897. The number of benzene rings is 1. The molecule has 0 bridgehead atoms. The van der Waals surface area contributed by atoms with Crippen molar-refractivity contribution < 1.29 is 14.3 Å². The van der Waals surface area contributed by atoms with Crippen molar-refractivity contribution in [3.8, 4) is 5.75 Å². The lowest BCUT2D eigenvalue weighted by Gasteiger charge is -2.04. The minimum absolute atomic E-state index is 0.413. The van der Waals surface area contributed by atoms with Gasteiger partial charge in [0.15, 0.2) is 0 Å². The molecule has 0 aliphatic rings. The largest absolute Gasteiger partial charge is 0.493 e. The Balaban J connectivity index is 2.10. The zero-order valence-electron chi connectivity index (χ0n) is 7.31. The van der Waals surface area contributed by atoms with E-state index in [9.17, 15) is 4.79 Å². The molecule has 0 N–H and O–H groups in total. The van der Waals surface area contributed by atoms with Crippen LogP contribution in [-0.4, -0.2) is 19.7 Å². The smallest absolute Gasteiger partial charge is 0.293 e. The summed E-state index contributed by atoms with van der Waals surface area (Å²) in [7, 11) is 0. The highest BCUT2D eigenvalue weighted by molar-refractivity contribution is 5.36. The summed E-state index contributed by atoms with van der Waals surface area (Å²) in [6, 6.07) is 9.54. The van der Waals surface area contributed by atoms with Gasteiger partial charge in [-0.25, -0.2) is 0 Å². The van der Waals surface area contributed by atoms with Gasteiger partial charge in [0, 0.05) is 6.42 Å². The molecular weight excluding hydrogens is 168 g/mol. The molecule has 13 heavy (non-hydrogen) atoms. The van der Waals surface area contributed by atoms with E-state index >= 15 is 0 Å². The topological polar surface area (TPSA) is 35.5 Å². The predicted octanol–water partition coefficient (Wildman–Crippen LogP) is 1.63. The molecule has 0 fully saturated rings. The van der Waals surface area contributed by atoms with Gasteiger partial charge in [-0.2, -0.15) is 0 Å². The maximum atomic E-state index is 9.77. The fourth-order valence-corrected chi connectivity index (χ4v) is 0.897. The van der Waals surface area contributed by atoms with E-state index in [-0.39, 0.29) is 0 Å². The first-order valence-electron chi connectivity index (χ1n) is 4.16. The minimum atomic E-state index is 0.413. The monoisotopic (exact) mass is 180 g/mol. The maximum absolute atomic E-state index is 9.77. The van der Waals surface area contributed by atoms with E-state index < -0.39 is 0 Å². The molecule has 0 aliphatic heterocycles. The second kappa shape index (κ2) is 6.06. The van der Waals surface area contributed by atoms with E-state index in [2.05, 4.69) is 4.74 Å². The molecule has 70 valence electrons. The van der Waals surface area contributed by atoms with Crippen LogP contribution >= 0.6 is 0 Å². The second-order valence-electron chi connectivity index (χ2n) is 2.48. The van der Waals surface area contributed by atoms with Crippen molar-refractivity contribution in [1.29, 1.82) is 0 Å². The summed E-state index contributed by atoms with van der Waals surface area (Å²) < 4.78 is 9.87. The van der Waals surface area contributed by atoms with Crippen LogP contribution in [0.25, 0.3) is 0 Å². The molecule has 1 aromatic rings. The first-order valence-corrected chi connectivity index (χ1v) is 4.16. The standard InChI is InChI=1S/C10H12O3/c11-9-12-7-4-8-13-10-5-2-1-3-6-10/h1-3,5-6,9H,4,7-8H2. The molecule has 0 aliphatic carbocycles. The van der Waals surface area contributed by atoms with E-state index in [4.69, 9.17) is 4.74 Å². The van der Waals surface area contributed by atoms with Gasteiger partial charge in [0.25, 0.3) is 6.47 Å².